The number of hydrogen-bond donors (Lipinski definition) is 0. The molecule has 0 aromatic carbocycles. The highest BCUT2D eigenvalue weighted by Crippen LogP contribution is 2.41. The molecule has 3 saturated heterocycles. The molecule has 148 valence electrons. The van der Waals surface area contributed by atoms with Crippen LogP contribution in [0.2, 0.25) is 0 Å². The van der Waals surface area contributed by atoms with Crippen LogP contribution in [0.5, 0.6) is 0 Å². The van der Waals surface area contributed by atoms with Gasteiger partial charge in [0.15, 0.2) is 0 Å². The van der Waals surface area contributed by atoms with E-state index in [4.69, 9.17) is 0 Å². The van der Waals surface area contributed by atoms with Gasteiger partial charge in [-0.2, -0.15) is 0 Å². The number of aryl methyl sites for hydroxylation is 1. The smallest absolute Gasteiger partial charge is 0.293 e. The summed E-state index contributed by atoms with van der Waals surface area (Å²) in [6.07, 6.45) is 6.49. The summed E-state index contributed by atoms with van der Waals surface area (Å²) >= 11 is 0. The normalized spacial score (nSPS) is 27.7. The van der Waals surface area contributed by atoms with E-state index in [-0.39, 0.29) is 17.6 Å². The zero-order valence-electron chi connectivity index (χ0n) is 16.4. The SMILES string of the molecule is CN1CCC(CN2CCC3(CCCN(C(=O)c4ncn(C)n4)C3)C2=O)CC1. The molecule has 1 spiro atoms. The molecule has 0 bridgehead atoms. The molecule has 4 heterocycles. The second kappa shape index (κ2) is 7.22. The van der Waals surface area contributed by atoms with Crippen molar-refractivity contribution in [3.8, 4) is 0 Å². The van der Waals surface area contributed by atoms with Crippen LogP contribution in [0.4, 0.5) is 0 Å². The summed E-state index contributed by atoms with van der Waals surface area (Å²) in [5.74, 6) is 0.937. The Morgan fingerprint density at radius 1 is 1.19 bits per heavy atom. The third kappa shape index (κ3) is 3.59. The largest absolute Gasteiger partial charge is 0.342 e. The molecule has 1 aromatic heterocycles. The fourth-order valence-electron chi connectivity index (χ4n) is 4.89. The lowest BCUT2D eigenvalue weighted by Crippen LogP contribution is -2.50. The van der Waals surface area contributed by atoms with E-state index in [1.54, 1.807) is 11.9 Å². The molecular formula is C19H30N6O2. The molecule has 0 aliphatic carbocycles. The molecule has 8 heteroatoms. The number of likely N-dealkylation sites (tertiary alicyclic amines) is 3. The number of carbonyl (C=O) groups is 2. The number of nitrogens with zero attached hydrogens (tertiary/aromatic N) is 6. The van der Waals surface area contributed by atoms with Crippen LogP contribution in [-0.4, -0.2) is 87.6 Å². The molecule has 3 fully saturated rings. The minimum Gasteiger partial charge on any atom is -0.342 e. The average molecular weight is 374 g/mol. The first-order valence-electron chi connectivity index (χ1n) is 10.1. The molecule has 4 rings (SSSR count). The van der Waals surface area contributed by atoms with Crippen molar-refractivity contribution in [2.45, 2.75) is 32.1 Å². The van der Waals surface area contributed by atoms with Crippen molar-refractivity contribution < 1.29 is 9.59 Å². The lowest BCUT2D eigenvalue weighted by Gasteiger charge is -2.39. The first-order valence-corrected chi connectivity index (χ1v) is 10.1. The van der Waals surface area contributed by atoms with Crippen LogP contribution in [-0.2, 0) is 11.8 Å². The van der Waals surface area contributed by atoms with Crippen LogP contribution in [0.3, 0.4) is 0 Å². The van der Waals surface area contributed by atoms with Gasteiger partial charge in [0, 0.05) is 33.2 Å². The van der Waals surface area contributed by atoms with Crippen molar-refractivity contribution in [3.05, 3.63) is 12.2 Å². The Balaban J connectivity index is 1.40. The molecule has 3 aliphatic rings. The summed E-state index contributed by atoms with van der Waals surface area (Å²) in [5, 5.41) is 4.13. The fraction of sp³-hybridized carbons (Fsp3) is 0.789. The average Bonchev–Trinajstić information content (AvgIpc) is 3.22. The maximum atomic E-state index is 13.3. The molecule has 0 radical (unpaired) electrons. The van der Waals surface area contributed by atoms with Crippen LogP contribution in [0.15, 0.2) is 6.33 Å². The summed E-state index contributed by atoms with van der Waals surface area (Å²) in [5.41, 5.74) is -0.395. The standard InChI is InChI=1S/C19H30N6O2/c1-22-9-4-15(5-10-22)12-24-11-7-19(18(24)27)6-3-8-25(13-19)17(26)16-20-14-23(2)21-16/h14-15H,3-13H2,1-2H3. The van der Waals surface area contributed by atoms with Gasteiger partial charge in [-0.25, -0.2) is 4.98 Å². The summed E-state index contributed by atoms with van der Waals surface area (Å²) in [4.78, 5) is 36.3. The van der Waals surface area contributed by atoms with E-state index in [0.717, 1.165) is 45.4 Å². The Morgan fingerprint density at radius 3 is 2.67 bits per heavy atom. The highest BCUT2D eigenvalue weighted by atomic mass is 16.2. The second-order valence-electron chi connectivity index (χ2n) is 8.60. The Hall–Kier alpha value is -1.96. The van der Waals surface area contributed by atoms with Gasteiger partial charge in [0.25, 0.3) is 5.91 Å². The van der Waals surface area contributed by atoms with Crippen LogP contribution < -0.4 is 0 Å². The van der Waals surface area contributed by atoms with E-state index >= 15 is 0 Å². The Kier molecular flexibility index (Phi) is 4.92. The van der Waals surface area contributed by atoms with Crippen molar-refractivity contribution in [2.24, 2.45) is 18.4 Å². The van der Waals surface area contributed by atoms with Crippen LogP contribution in [0.25, 0.3) is 0 Å². The first-order chi connectivity index (χ1) is 13.0. The van der Waals surface area contributed by atoms with Crippen molar-refractivity contribution in [3.63, 3.8) is 0 Å². The van der Waals surface area contributed by atoms with Gasteiger partial charge in [-0.1, -0.05) is 0 Å². The van der Waals surface area contributed by atoms with Crippen LogP contribution >= 0.6 is 0 Å². The summed E-state index contributed by atoms with van der Waals surface area (Å²) < 4.78 is 1.54. The van der Waals surface area contributed by atoms with E-state index in [1.165, 1.54) is 23.9 Å². The fourth-order valence-corrected chi connectivity index (χ4v) is 4.89. The highest BCUT2D eigenvalue weighted by molar-refractivity contribution is 5.92. The summed E-state index contributed by atoms with van der Waals surface area (Å²) in [7, 11) is 3.92. The van der Waals surface area contributed by atoms with Gasteiger partial charge in [-0.3, -0.25) is 14.3 Å². The Labute approximate surface area is 160 Å². The number of hydrogen-bond acceptors (Lipinski definition) is 5. The van der Waals surface area contributed by atoms with E-state index in [0.29, 0.717) is 19.0 Å². The van der Waals surface area contributed by atoms with Gasteiger partial charge >= 0.3 is 0 Å². The van der Waals surface area contributed by atoms with E-state index in [9.17, 15) is 9.59 Å². The topological polar surface area (TPSA) is 74.6 Å². The summed E-state index contributed by atoms with van der Waals surface area (Å²) in [6, 6.07) is 0. The molecule has 1 atom stereocenters. The Morgan fingerprint density at radius 2 is 1.96 bits per heavy atom. The molecule has 8 nitrogen and oxygen atoms in total. The van der Waals surface area contributed by atoms with Gasteiger partial charge in [0.05, 0.1) is 5.41 Å². The van der Waals surface area contributed by atoms with Gasteiger partial charge in [0.2, 0.25) is 11.7 Å². The molecule has 1 unspecified atom stereocenters. The molecule has 3 aliphatic heterocycles. The molecule has 1 aromatic rings. The van der Waals surface area contributed by atoms with Crippen molar-refractivity contribution in [2.75, 3.05) is 46.3 Å². The monoisotopic (exact) mass is 374 g/mol. The zero-order chi connectivity index (χ0) is 19.0. The summed E-state index contributed by atoms with van der Waals surface area (Å²) in [6.45, 7) is 5.14. The molecule has 27 heavy (non-hydrogen) atoms. The second-order valence-corrected chi connectivity index (χ2v) is 8.60. The molecule has 0 N–H and O–H groups in total. The van der Waals surface area contributed by atoms with Crippen molar-refractivity contribution >= 4 is 11.8 Å². The number of aromatic nitrogens is 3. The number of rotatable bonds is 3. The number of carbonyl (C=O) groups excluding carboxylic acids is 2. The maximum Gasteiger partial charge on any atom is 0.293 e. The van der Waals surface area contributed by atoms with Crippen LogP contribution in [0, 0.1) is 11.3 Å². The predicted octanol–water partition coefficient (Wildman–Crippen LogP) is 0.612. The minimum absolute atomic E-state index is 0.156. The molecule has 2 amide bonds. The molecule has 0 saturated carbocycles. The lowest BCUT2D eigenvalue weighted by atomic mass is 9.78. The van der Waals surface area contributed by atoms with E-state index < -0.39 is 5.41 Å². The lowest BCUT2D eigenvalue weighted by molar-refractivity contribution is -0.138. The predicted molar refractivity (Wildman–Crippen MR) is 100.0 cm³/mol. The number of piperidine rings is 2. The highest BCUT2D eigenvalue weighted by Gasteiger charge is 2.50. The van der Waals surface area contributed by atoms with Crippen molar-refractivity contribution in [1.29, 1.82) is 0 Å². The van der Waals surface area contributed by atoms with Gasteiger partial charge in [0.1, 0.15) is 6.33 Å². The Bertz CT molecular complexity index is 711. The first kappa shape index (κ1) is 18.4. The maximum absolute atomic E-state index is 13.3. The van der Waals surface area contributed by atoms with Crippen molar-refractivity contribution in [1.82, 2.24) is 29.5 Å². The molecular weight excluding hydrogens is 344 g/mol. The third-order valence-electron chi connectivity index (χ3n) is 6.57. The van der Waals surface area contributed by atoms with E-state index in [2.05, 4.69) is 26.9 Å². The van der Waals surface area contributed by atoms with Gasteiger partial charge in [-0.15, -0.1) is 5.10 Å². The number of amides is 2. The zero-order valence-corrected chi connectivity index (χ0v) is 16.4. The quantitative estimate of drug-likeness (QED) is 0.775. The van der Waals surface area contributed by atoms with Gasteiger partial charge in [-0.05, 0) is 58.2 Å². The van der Waals surface area contributed by atoms with Gasteiger partial charge < -0.3 is 14.7 Å². The minimum atomic E-state index is -0.395. The van der Waals surface area contributed by atoms with E-state index in [1.807, 2.05) is 0 Å². The third-order valence-corrected chi connectivity index (χ3v) is 6.57. The van der Waals surface area contributed by atoms with Crippen LogP contribution in [0.1, 0.15) is 42.7 Å².